The van der Waals surface area contributed by atoms with Crippen LogP contribution in [-0.4, -0.2) is 44.9 Å². The highest BCUT2D eigenvalue weighted by Gasteiger charge is 2.18. The third kappa shape index (κ3) is 4.92. The minimum atomic E-state index is -0.188. The van der Waals surface area contributed by atoms with Gasteiger partial charge in [0.15, 0.2) is 5.16 Å². The molecular formula is C21H24N4O2S. The van der Waals surface area contributed by atoms with Crippen molar-refractivity contribution in [2.45, 2.75) is 25.4 Å². The largest absolute Gasteiger partial charge is 0.333 e. The van der Waals surface area contributed by atoms with Crippen LogP contribution < -0.4 is 5.32 Å². The van der Waals surface area contributed by atoms with Gasteiger partial charge in [-0.25, -0.2) is 4.98 Å². The summed E-state index contributed by atoms with van der Waals surface area (Å²) in [4.78, 5) is 31.1. The Morgan fingerprint density at radius 3 is 2.75 bits per heavy atom. The topological polar surface area (TPSA) is 66.7 Å². The highest BCUT2D eigenvalue weighted by atomic mass is 32.2. The first kappa shape index (κ1) is 19.9. The van der Waals surface area contributed by atoms with Crippen molar-refractivity contribution in [3.8, 4) is 0 Å². The SMILES string of the molecule is CCCN(CC(=O)Nc1ccccc1C)C(=O)CSc1ncc2ccccn12. The van der Waals surface area contributed by atoms with Crippen LogP contribution in [0.2, 0.25) is 0 Å². The molecule has 0 unspecified atom stereocenters. The summed E-state index contributed by atoms with van der Waals surface area (Å²) >= 11 is 1.38. The van der Waals surface area contributed by atoms with Gasteiger partial charge < -0.3 is 10.2 Å². The number of imidazole rings is 1. The molecule has 0 bridgehead atoms. The molecule has 2 amide bonds. The van der Waals surface area contributed by atoms with Gasteiger partial charge in [-0.1, -0.05) is 43.0 Å². The molecule has 0 saturated heterocycles. The molecule has 0 spiro atoms. The number of nitrogens with one attached hydrogen (secondary N) is 1. The summed E-state index contributed by atoms with van der Waals surface area (Å²) in [5, 5.41) is 3.66. The molecule has 3 rings (SSSR count). The van der Waals surface area contributed by atoms with Gasteiger partial charge in [0, 0.05) is 18.4 Å². The highest BCUT2D eigenvalue weighted by molar-refractivity contribution is 7.99. The summed E-state index contributed by atoms with van der Waals surface area (Å²) in [6.45, 7) is 4.53. The number of hydrogen-bond acceptors (Lipinski definition) is 4. The van der Waals surface area contributed by atoms with Crippen molar-refractivity contribution in [2.24, 2.45) is 0 Å². The summed E-state index contributed by atoms with van der Waals surface area (Å²) in [5.41, 5.74) is 2.75. The van der Waals surface area contributed by atoms with Gasteiger partial charge in [-0.05, 0) is 37.1 Å². The van der Waals surface area contributed by atoms with E-state index in [2.05, 4.69) is 10.3 Å². The Hall–Kier alpha value is -2.80. The minimum absolute atomic E-state index is 0.0455. The minimum Gasteiger partial charge on any atom is -0.333 e. The zero-order chi connectivity index (χ0) is 19.9. The Morgan fingerprint density at radius 2 is 1.96 bits per heavy atom. The number of amides is 2. The number of rotatable bonds is 8. The molecule has 0 radical (unpaired) electrons. The molecular weight excluding hydrogens is 372 g/mol. The molecule has 3 aromatic rings. The Kier molecular flexibility index (Phi) is 6.71. The number of nitrogens with zero attached hydrogens (tertiary/aromatic N) is 3. The Morgan fingerprint density at radius 1 is 1.18 bits per heavy atom. The Balaban J connectivity index is 1.60. The second-order valence-corrected chi connectivity index (χ2v) is 7.45. The number of thioether (sulfide) groups is 1. The molecule has 1 aromatic carbocycles. The maximum Gasteiger partial charge on any atom is 0.244 e. The number of carbonyl (C=O) groups is 2. The van der Waals surface area contributed by atoms with E-state index >= 15 is 0 Å². The first-order valence-corrected chi connectivity index (χ1v) is 10.2. The third-order valence-corrected chi connectivity index (χ3v) is 5.28. The van der Waals surface area contributed by atoms with Gasteiger partial charge in [-0.2, -0.15) is 0 Å². The molecule has 0 saturated carbocycles. The lowest BCUT2D eigenvalue weighted by Crippen LogP contribution is -2.39. The highest BCUT2D eigenvalue weighted by Crippen LogP contribution is 2.19. The maximum absolute atomic E-state index is 12.7. The number of para-hydroxylation sites is 1. The standard InChI is InChI=1S/C21H24N4O2S/c1-3-11-24(14-19(26)23-18-10-5-4-8-16(18)2)20(27)15-28-21-22-13-17-9-6-7-12-25(17)21/h4-10,12-13H,3,11,14-15H2,1-2H3,(H,23,26). The number of benzene rings is 1. The predicted molar refractivity (Wildman–Crippen MR) is 113 cm³/mol. The smallest absolute Gasteiger partial charge is 0.244 e. The van der Waals surface area contributed by atoms with Crippen LogP contribution in [-0.2, 0) is 9.59 Å². The second-order valence-electron chi connectivity index (χ2n) is 6.50. The zero-order valence-electron chi connectivity index (χ0n) is 16.1. The average molecular weight is 397 g/mol. The summed E-state index contributed by atoms with van der Waals surface area (Å²) in [6, 6.07) is 13.5. The zero-order valence-corrected chi connectivity index (χ0v) is 16.9. The normalized spacial score (nSPS) is 10.8. The number of fused-ring (bicyclic) bond motifs is 1. The molecule has 0 atom stereocenters. The molecule has 28 heavy (non-hydrogen) atoms. The summed E-state index contributed by atoms with van der Waals surface area (Å²) in [7, 11) is 0. The van der Waals surface area contributed by atoms with Gasteiger partial charge >= 0.3 is 0 Å². The van der Waals surface area contributed by atoms with E-state index in [4.69, 9.17) is 0 Å². The number of aromatic nitrogens is 2. The predicted octanol–water partition coefficient (Wildman–Crippen LogP) is 3.61. The molecule has 2 heterocycles. The second kappa shape index (κ2) is 9.41. The number of pyridine rings is 1. The van der Waals surface area contributed by atoms with Crippen LogP contribution in [0, 0.1) is 6.92 Å². The number of hydrogen-bond donors (Lipinski definition) is 1. The monoisotopic (exact) mass is 396 g/mol. The van der Waals surface area contributed by atoms with Crippen LogP contribution in [0.1, 0.15) is 18.9 Å². The van der Waals surface area contributed by atoms with Crippen LogP contribution in [0.5, 0.6) is 0 Å². The van der Waals surface area contributed by atoms with Gasteiger partial charge in [0.2, 0.25) is 11.8 Å². The van der Waals surface area contributed by atoms with Gasteiger partial charge in [0.05, 0.1) is 24.0 Å². The van der Waals surface area contributed by atoms with E-state index in [1.165, 1.54) is 11.8 Å². The van der Waals surface area contributed by atoms with E-state index in [0.29, 0.717) is 6.54 Å². The third-order valence-electron chi connectivity index (χ3n) is 4.33. The number of anilines is 1. The average Bonchev–Trinajstić information content (AvgIpc) is 3.11. The van der Waals surface area contributed by atoms with Gasteiger partial charge in [-0.15, -0.1) is 0 Å². The van der Waals surface area contributed by atoms with Crippen molar-refractivity contribution in [2.75, 3.05) is 24.2 Å². The molecule has 0 fully saturated rings. The van der Waals surface area contributed by atoms with Gasteiger partial charge in [0.1, 0.15) is 0 Å². The first-order valence-electron chi connectivity index (χ1n) is 9.26. The Labute approximate surface area is 169 Å². The Bertz CT molecular complexity index is 970. The quantitative estimate of drug-likeness (QED) is 0.591. The first-order chi connectivity index (χ1) is 13.6. The van der Waals surface area contributed by atoms with E-state index in [-0.39, 0.29) is 24.1 Å². The fourth-order valence-corrected chi connectivity index (χ4v) is 3.75. The lowest BCUT2D eigenvalue weighted by molar-refractivity contribution is -0.132. The van der Waals surface area contributed by atoms with E-state index in [1.807, 2.05) is 66.9 Å². The number of aryl methyl sites for hydroxylation is 1. The van der Waals surface area contributed by atoms with Crippen molar-refractivity contribution < 1.29 is 9.59 Å². The molecule has 146 valence electrons. The molecule has 7 heteroatoms. The summed E-state index contributed by atoms with van der Waals surface area (Å²) in [6.07, 6.45) is 4.50. The lowest BCUT2D eigenvalue weighted by atomic mass is 10.2. The maximum atomic E-state index is 12.7. The summed E-state index contributed by atoms with van der Waals surface area (Å²) in [5.74, 6) is -0.0159. The molecule has 0 aliphatic rings. The molecule has 2 aromatic heterocycles. The number of carbonyl (C=O) groups excluding carboxylic acids is 2. The van der Waals surface area contributed by atoms with E-state index in [9.17, 15) is 9.59 Å². The molecule has 0 aliphatic heterocycles. The molecule has 6 nitrogen and oxygen atoms in total. The fourth-order valence-electron chi connectivity index (χ4n) is 2.88. The van der Waals surface area contributed by atoms with E-state index < -0.39 is 0 Å². The van der Waals surface area contributed by atoms with Crippen molar-refractivity contribution in [1.82, 2.24) is 14.3 Å². The van der Waals surface area contributed by atoms with Crippen molar-refractivity contribution in [3.63, 3.8) is 0 Å². The molecule has 1 N–H and O–H groups in total. The van der Waals surface area contributed by atoms with E-state index in [0.717, 1.165) is 28.3 Å². The lowest BCUT2D eigenvalue weighted by Gasteiger charge is -2.21. The van der Waals surface area contributed by atoms with E-state index in [1.54, 1.807) is 11.1 Å². The van der Waals surface area contributed by atoms with Crippen LogP contribution in [0.25, 0.3) is 5.52 Å². The van der Waals surface area contributed by atoms with Crippen molar-refractivity contribution in [3.05, 3.63) is 60.4 Å². The van der Waals surface area contributed by atoms with Crippen LogP contribution in [0.15, 0.2) is 60.0 Å². The van der Waals surface area contributed by atoms with Crippen LogP contribution in [0.3, 0.4) is 0 Å². The van der Waals surface area contributed by atoms with Gasteiger partial charge in [0.25, 0.3) is 0 Å². The molecule has 0 aliphatic carbocycles. The summed E-state index contributed by atoms with van der Waals surface area (Å²) < 4.78 is 1.95. The van der Waals surface area contributed by atoms with Crippen LogP contribution >= 0.6 is 11.8 Å². The van der Waals surface area contributed by atoms with Crippen molar-refractivity contribution >= 4 is 34.8 Å². The van der Waals surface area contributed by atoms with Crippen molar-refractivity contribution in [1.29, 1.82) is 0 Å². The van der Waals surface area contributed by atoms with Crippen LogP contribution in [0.4, 0.5) is 5.69 Å². The fraction of sp³-hybridized carbons (Fsp3) is 0.286. The van der Waals surface area contributed by atoms with Gasteiger partial charge in [-0.3, -0.25) is 14.0 Å².